The van der Waals surface area contributed by atoms with Crippen LogP contribution in [0.5, 0.6) is 0 Å². The number of para-hydroxylation sites is 1. The molecule has 1 atom stereocenters. The summed E-state index contributed by atoms with van der Waals surface area (Å²) >= 11 is 0. The van der Waals surface area contributed by atoms with Crippen LogP contribution in [0.3, 0.4) is 0 Å². The van der Waals surface area contributed by atoms with Crippen LogP contribution in [-0.4, -0.2) is 0 Å². The van der Waals surface area contributed by atoms with Gasteiger partial charge in [0.15, 0.2) is 5.58 Å². The van der Waals surface area contributed by atoms with Crippen LogP contribution < -0.4 is 0 Å². The molecule has 0 spiro atoms. The molecule has 4 aromatic rings. The Hall–Kier alpha value is -2.44. The van der Waals surface area contributed by atoms with Crippen LogP contribution in [0.25, 0.3) is 21.5 Å². The first-order chi connectivity index (χ1) is 11.6. The van der Waals surface area contributed by atoms with E-state index < -0.39 is 7.65 Å². The van der Waals surface area contributed by atoms with Crippen LogP contribution in [-0.2, 0) is 9.98 Å². The fraction of sp³-hybridized carbons (Fsp3) is 0.143. The van der Waals surface area contributed by atoms with Gasteiger partial charge in [0.25, 0.3) is 0 Å². The fourth-order valence-corrected chi connectivity index (χ4v) is 4.24. The summed E-state index contributed by atoms with van der Waals surface area (Å²) in [6, 6.07) is 24.4. The molecule has 3 heteroatoms. The van der Waals surface area contributed by atoms with Crippen molar-refractivity contribution in [2.75, 3.05) is 0 Å². The Morgan fingerprint density at radius 2 is 1.50 bits per heavy atom. The van der Waals surface area contributed by atoms with E-state index in [1.807, 2.05) is 36.4 Å². The highest BCUT2D eigenvalue weighted by molar-refractivity contribution is 7.37. The van der Waals surface area contributed by atoms with Crippen molar-refractivity contribution in [1.29, 1.82) is 0 Å². The summed E-state index contributed by atoms with van der Waals surface area (Å²) in [5.41, 5.74) is 3.03. The Labute approximate surface area is 141 Å². The van der Waals surface area contributed by atoms with Gasteiger partial charge in [-0.3, -0.25) is 0 Å². The molecule has 0 saturated heterocycles. The monoisotopic (exact) mass is 333 g/mol. The molecule has 0 radical (unpaired) electrons. The smallest absolute Gasteiger partial charge is 0.250 e. The fourth-order valence-electron chi connectivity index (χ4n) is 3.23. The Bertz CT molecular complexity index is 1100. The number of hydrogen-bond acceptors (Lipinski definition) is 2. The second-order valence-corrected chi connectivity index (χ2v) is 7.75. The van der Waals surface area contributed by atoms with Gasteiger partial charge < -0.3 is 0 Å². The number of hydrogen-bond donors (Lipinski definition) is 0. The van der Waals surface area contributed by atoms with Crippen molar-refractivity contribution in [3.8, 4) is 0 Å². The van der Waals surface area contributed by atoms with E-state index in [9.17, 15) is 4.57 Å². The van der Waals surface area contributed by atoms with Gasteiger partial charge in [0, 0.05) is 16.2 Å². The highest BCUT2D eigenvalue weighted by Gasteiger charge is 2.25. The maximum Gasteiger partial charge on any atom is 0.597 e. The molecule has 24 heavy (non-hydrogen) atoms. The predicted octanol–water partition coefficient (Wildman–Crippen LogP) is 6.65. The predicted molar refractivity (Wildman–Crippen MR) is 99.9 cm³/mol. The molecule has 3 aromatic carbocycles. The summed E-state index contributed by atoms with van der Waals surface area (Å²) in [5, 5.41) is 2.79. The lowest BCUT2D eigenvalue weighted by Crippen LogP contribution is -2.18. The van der Waals surface area contributed by atoms with E-state index in [1.54, 1.807) is 0 Å². The van der Waals surface area contributed by atoms with Crippen LogP contribution in [0.1, 0.15) is 25.0 Å². The molecule has 4 rings (SSSR count). The van der Waals surface area contributed by atoms with E-state index in [1.165, 1.54) is 11.1 Å². The number of rotatable bonds is 2. The van der Waals surface area contributed by atoms with Crippen molar-refractivity contribution in [2.24, 2.45) is 0 Å². The lowest BCUT2D eigenvalue weighted by Gasteiger charge is -2.26. The maximum atomic E-state index is 12.4. The third-order valence-corrected chi connectivity index (χ3v) is 5.91. The first kappa shape index (κ1) is 15.1. The minimum atomic E-state index is -1.85. The van der Waals surface area contributed by atoms with Crippen LogP contribution in [0, 0.1) is 0 Å². The molecule has 0 N–H and O–H groups in total. The maximum absolute atomic E-state index is 12.4. The Morgan fingerprint density at radius 1 is 0.792 bits per heavy atom. The molecular weight excluding hydrogens is 315 g/mol. The normalized spacial score (nSPS) is 12.7. The van der Waals surface area contributed by atoms with E-state index >= 15 is 0 Å². The molecule has 0 saturated carbocycles. The minimum absolute atomic E-state index is 0.130. The Kier molecular flexibility index (Phi) is 3.51. The van der Waals surface area contributed by atoms with Crippen LogP contribution >= 0.6 is 7.65 Å². The van der Waals surface area contributed by atoms with Gasteiger partial charge in [-0.2, -0.15) is 0 Å². The topological polar surface area (TPSA) is 30.2 Å². The first-order valence-electron chi connectivity index (χ1n) is 8.02. The highest BCUT2D eigenvalue weighted by atomic mass is 31.1. The van der Waals surface area contributed by atoms with E-state index in [-0.39, 0.29) is 5.41 Å². The zero-order valence-corrected chi connectivity index (χ0v) is 14.6. The summed E-state index contributed by atoms with van der Waals surface area (Å²) in [4.78, 5) is 0. The molecule has 1 unspecified atom stereocenters. The van der Waals surface area contributed by atoms with E-state index in [4.69, 9.17) is 4.20 Å². The quantitative estimate of drug-likeness (QED) is 0.384. The second-order valence-electron chi connectivity index (χ2n) is 6.57. The van der Waals surface area contributed by atoms with Gasteiger partial charge in [-0.25, -0.2) is 4.20 Å². The summed E-state index contributed by atoms with van der Waals surface area (Å²) in [6.45, 7) is 4.44. The molecule has 0 bridgehead atoms. The summed E-state index contributed by atoms with van der Waals surface area (Å²) in [6.07, 6.45) is 0. The van der Waals surface area contributed by atoms with Crippen molar-refractivity contribution in [1.82, 2.24) is 0 Å². The van der Waals surface area contributed by atoms with Crippen LogP contribution in [0.4, 0.5) is 0 Å². The Balaban J connectivity index is 2.02. The molecule has 118 valence electrons. The van der Waals surface area contributed by atoms with E-state index in [2.05, 4.69) is 50.2 Å². The van der Waals surface area contributed by atoms with Gasteiger partial charge in [-0.15, -0.1) is 0 Å². The zero-order valence-electron chi connectivity index (χ0n) is 13.7. The van der Waals surface area contributed by atoms with Crippen LogP contribution in [0.15, 0.2) is 77.0 Å². The van der Waals surface area contributed by atoms with E-state index in [0.29, 0.717) is 5.58 Å². The minimum Gasteiger partial charge on any atom is -0.250 e. The van der Waals surface area contributed by atoms with Crippen molar-refractivity contribution >= 4 is 29.1 Å². The highest BCUT2D eigenvalue weighted by Crippen LogP contribution is 2.39. The third-order valence-electron chi connectivity index (χ3n) is 4.77. The lowest BCUT2D eigenvalue weighted by atomic mass is 9.78. The van der Waals surface area contributed by atoms with E-state index in [0.717, 1.165) is 15.9 Å². The largest absolute Gasteiger partial charge is 0.597 e. The first-order valence-corrected chi connectivity index (χ1v) is 9.20. The molecule has 0 fully saturated rings. The number of benzene rings is 3. The second kappa shape index (κ2) is 5.58. The van der Waals surface area contributed by atoms with Crippen molar-refractivity contribution in [3.05, 3.63) is 83.9 Å². The third kappa shape index (κ3) is 2.35. The molecule has 0 amide bonds. The Morgan fingerprint density at radius 3 is 2.29 bits per heavy atom. The molecule has 2 nitrogen and oxygen atoms in total. The van der Waals surface area contributed by atoms with Crippen molar-refractivity contribution in [3.63, 3.8) is 0 Å². The molecule has 0 aliphatic rings. The molecule has 0 aliphatic heterocycles. The molecule has 1 aromatic heterocycles. The van der Waals surface area contributed by atoms with Gasteiger partial charge >= 0.3 is 7.65 Å². The number of fused-ring (bicyclic) bond motifs is 3. The SMILES string of the molecule is CC(C)(c1ccccc1)c1ccc2c(c1)c1ccccc1o[p+]2=O. The van der Waals surface area contributed by atoms with Gasteiger partial charge in [0.2, 0.25) is 5.12 Å². The zero-order chi connectivity index (χ0) is 16.7. The average molecular weight is 333 g/mol. The van der Waals surface area contributed by atoms with Gasteiger partial charge in [0.1, 0.15) is 0 Å². The molecule has 0 aliphatic carbocycles. The van der Waals surface area contributed by atoms with Crippen LogP contribution in [0.2, 0.25) is 0 Å². The van der Waals surface area contributed by atoms with Gasteiger partial charge in [-0.1, -0.05) is 68.4 Å². The summed E-state index contributed by atoms with van der Waals surface area (Å²) in [5.74, 6) is 0. The average Bonchev–Trinajstić information content (AvgIpc) is 2.62. The molecule has 1 heterocycles. The van der Waals surface area contributed by atoms with Gasteiger partial charge in [-0.05, 0) is 33.9 Å². The lowest BCUT2D eigenvalue weighted by molar-refractivity contribution is 0.563. The van der Waals surface area contributed by atoms with Crippen molar-refractivity contribution < 1.29 is 8.76 Å². The summed E-state index contributed by atoms with van der Waals surface area (Å²) < 4.78 is 18.0. The van der Waals surface area contributed by atoms with Crippen molar-refractivity contribution in [2.45, 2.75) is 19.3 Å². The van der Waals surface area contributed by atoms with Gasteiger partial charge in [0.05, 0.1) is 0 Å². The molecular formula is C21H18O2P+. The standard InChI is InChI=1S/C21H18O2P/c1-21(2,15-8-4-3-5-9-15)16-12-13-20-18(14-16)17-10-6-7-11-19(17)23-24(20)22/h3-14H,1-2H3/q+1. The summed E-state index contributed by atoms with van der Waals surface area (Å²) in [7, 11) is -1.85.